The van der Waals surface area contributed by atoms with Crippen molar-refractivity contribution in [1.82, 2.24) is 4.90 Å². The smallest absolute Gasteiger partial charge is 0.118 e. The highest BCUT2D eigenvalue weighted by molar-refractivity contribution is 5.66. The second-order valence-corrected chi connectivity index (χ2v) is 5.44. The SMILES string of the molecule is COc1ccc(C2=CN(Cc3ccccc3)CCC2)cc1. The Morgan fingerprint density at radius 2 is 1.76 bits per heavy atom. The van der Waals surface area contributed by atoms with Gasteiger partial charge in [0.1, 0.15) is 5.75 Å². The number of methoxy groups -OCH3 is 1. The van der Waals surface area contributed by atoms with E-state index >= 15 is 0 Å². The summed E-state index contributed by atoms with van der Waals surface area (Å²) in [7, 11) is 1.70. The third-order valence-electron chi connectivity index (χ3n) is 3.92. The summed E-state index contributed by atoms with van der Waals surface area (Å²) in [5.41, 5.74) is 4.08. The molecule has 21 heavy (non-hydrogen) atoms. The number of allylic oxidation sites excluding steroid dienone is 1. The highest BCUT2D eigenvalue weighted by Crippen LogP contribution is 2.27. The zero-order valence-electron chi connectivity index (χ0n) is 12.5. The van der Waals surface area contributed by atoms with Crippen molar-refractivity contribution >= 4 is 5.57 Å². The van der Waals surface area contributed by atoms with E-state index in [0.29, 0.717) is 0 Å². The summed E-state index contributed by atoms with van der Waals surface area (Å²) in [5.74, 6) is 0.913. The molecule has 2 nitrogen and oxygen atoms in total. The molecule has 2 heteroatoms. The lowest BCUT2D eigenvalue weighted by atomic mass is 9.99. The molecule has 108 valence electrons. The first-order chi connectivity index (χ1) is 10.3. The Hall–Kier alpha value is -2.22. The molecule has 0 aliphatic carbocycles. The molecule has 1 aliphatic heterocycles. The van der Waals surface area contributed by atoms with Gasteiger partial charge in [0.25, 0.3) is 0 Å². The molecule has 0 radical (unpaired) electrons. The maximum absolute atomic E-state index is 5.23. The van der Waals surface area contributed by atoms with Crippen molar-refractivity contribution in [2.45, 2.75) is 19.4 Å². The van der Waals surface area contributed by atoms with Gasteiger partial charge in [0.15, 0.2) is 0 Å². The van der Waals surface area contributed by atoms with E-state index in [2.05, 4.69) is 53.6 Å². The van der Waals surface area contributed by atoms with Gasteiger partial charge in [-0.3, -0.25) is 0 Å². The van der Waals surface area contributed by atoms with Crippen LogP contribution in [0.25, 0.3) is 5.57 Å². The van der Waals surface area contributed by atoms with E-state index in [1.54, 1.807) is 7.11 Å². The number of nitrogens with zero attached hydrogens (tertiary/aromatic N) is 1. The summed E-state index contributed by atoms with van der Waals surface area (Å²) in [5, 5.41) is 0. The van der Waals surface area contributed by atoms with E-state index in [1.165, 1.54) is 23.1 Å². The number of ether oxygens (including phenoxy) is 1. The van der Waals surface area contributed by atoms with Crippen molar-refractivity contribution in [3.63, 3.8) is 0 Å². The topological polar surface area (TPSA) is 12.5 Å². The Balaban J connectivity index is 1.75. The van der Waals surface area contributed by atoms with Crippen molar-refractivity contribution in [3.05, 3.63) is 71.9 Å². The van der Waals surface area contributed by atoms with Gasteiger partial charge in [-0.2, -0.15) is 0 Å². The van der Waals surface area contributed by atoms with Crippen molar-refractivity contribution in [2.75, 3.05) is 13.7 Å². The fraction of sp³-hybridized carbons (Fsp3) is 0.263. The highest BCUT2D eigenvalue weighted by Gasteiger charge is 2.12. The van der Waals surface area contributed by atoms with Gasteiger partial charge in [-0.1, -0.05) is 42.5 Å². The lowest BCUT2D eigenvalue weighted by Crippen LogP contribution is -2.22. The first-order valence-corrected chi connectivity index (χ1v) is 7.48. The van der Waals surface area contributed by atoms with Gasteiger partial charge in [0, 0.05) is 19.3 Å². The van der Waals surface area contributed by atoms with Gasteiger partial charge >= 0.3 is 0 Å². The molecule has 1 aliphatic rings. The van der Waals surface area contributed by atoms with Gasteiger partial charge in [0.05, 0.1) is 7.11 Å². The molecule has 0 spiro atoms. The average Bonchev–Trinajstić information content (AvgIpc) is 2.56. The Labute approximate surface area is 126 Å². The standard InChI is InChI=1S/C19H21NO/c1-21-19-11-9-17(10-12-19)18-8-5-13-20(15-18)14-16-6-3-2-4-7-16/h2-4,6-7,9-12,15H,5,8,13-14H2,1H3. The predicted octanol–water partition coefficient (Wildman–Crippen LogP) is 4.33. The average molecular weight is 279 g/mol. The van der Waals surface area contributed by atoms with Crippen LogP contribution in [0.5, 0.6) is 5.75 Å². The fourth-order valence-electron chi connectivity index (χ4n) is 2.79. The summed E-state index contributed by atoms with van der Waals surface area (Å²) in [6, 6.07) is 19.0. The van der Waals surface area contributed by atoms with Crippen molar-refractivity contribution in [1.29, 1.82) is 0 Å². The van der Waals surface area contributed by atoms with Crippen LogP contribution in [-0.4, -0.2) is 18.6 Å². The van der Waals surface area contributed by atoms with E-state index in [0.717, 1.165) is 25.3 Å². The number of rotatable bonds is 4. The van der Waals surface area contributed by atoms with E-state index in [9.17, 15) is 0 Å². The molecule has 1 heterocycles. The van der Waals surface area contributed by atoms with E-state index in [4.69, 9.17) is 4.74 Å². The number of hydrogen-bond acceptors (Lipinski definition) is 2. The zero-order valence-corrected chi connectivity index (χ0v) is 12.5. The molecule has 0 unspecified atom stereocenters. The Morgan fingerprint density at radius 3 is 2.48 bits per heavy atom. The Kier molecular flexibility index (Phi) is 4.25. The molecular formula is C19H21NO. The summed E-state index contributed by atoms with van der Waals surface area (Å²) >= 11 is 0. The van der Waals surface area contributed by atoms with Crippen molar-refractivity contribution < 1.29 is 4.74 Å². The minimum atomic E-state index is 0.913. The summed E-state index contributed by atoms with van der Waals surface area (Å²) in [6.45, 7) is 2.12. The second kappa shape index (κ2) is 6.49. The Morgan fingerprint density at radius 1 is 1.00 bits per heavy atom. The molecular weight excluding hydrogens is 258 g/mol. The van der Waals surface area contributed by atoms with Crippen LogP contribution in [-0.2, 0) is 6.54 Å². The van der Waals surface area contributed by atoms with Crippen LogP contribution in [0, 0.1) is 0 Å². The van der Waals surface area contributed by atoms with Crippen LogP contribution in [0.4, 0.5) is 0 Å². The van der Waals surface area contributed by atoms with Gasteiger partial charge in [-0.25, -0.2) is 0 Å². The first-order valence-electron chi connectivity index (χ1n) is 7.48. The minimum Gasteiger partial charge on any atom is -0.497 e. The monoisotopic (exact) mass is 279 g/mol. The molecule has 3 rings (SSSR count). The highest BCUT2D eigenvalue weighted by atomic mass is 16.5. The van der Waals surface area contributed by atoms with Crippen molar-refractivity contribution in [3.8, 4) is 5.75 Å². The molecule has 0 bridgehead atoms. The summed E-state index contributed by atoms with van der Waals surface area (Å²) < 4.78 is 5.23. The number of benzene rings is 2. The van der Waals surface area contributed by atoms with Crippen LogP contribution in [0.3, 0.4) is 0 Å². The fourth-order valence-corrected chi connectivity index (χ4v) is 2.79. The van der Waals surface area contributed by atoms with E-state index in [1.807, 2.05) is 12.1 Å². The van der Waals surface area contributed by atoms with Crippen molar-refractivity contribution in [2.24, 2.45) is 0 Å². The largest absolute Gasteiger partial charge is 0.497 e. The molecule has 0 saturated heterocycles. The maximum Gasteiger partial charge on any atom is 0.118 e. The van der Waals surface area contributed by atoms with Gasteiger partial charge < -0.3 is 9.64 Å². The first kappa shape index (κ1) is 13.7. The molecule has 0 saturated carbocycles. The molecule has 2 aromatic carbocycles. The minimum absolute atomic E-state index is 0.913. The van der Waals surface area contributed by atoms with Crippen LogP contribution >= 0.6 is 0 Å². The molecule has 0 atom stereocenters. The van der Waals surface area contributed by atoms with E-state index < -0.39 is 0 Å². The lowest BCUT2D eigenvalue weighted by Gasteiger charge is -2.27. The Bertz CT molecular complexity index is 601. The van der Waals surface area contributed by atoms with Gasteiger partial charge in [-0.05, 0) is 41.7 Å². The maximum atomic E-state index is 5.23. The molecule has 0 aromatic heterocycles. The lowest BCUT2D eigenvalue weighted by molar-refractivity contribution is 0.352. The third-order valence-corrected chi connectivity index (χ3v) is 3.92. The molecule has 2 aromatic rings. The second-order valence-electron chi connectivity index (χ2n) is 5.44. The molecule has 0 fully saturated rings. The normalized spacial score (nSPS) is 14.7. The zero-order chi connectivity index (χ0) is 14.5. The number of hydrogen-bond donors (Lipinski definition) is 0. The van der Waals surface area contributed by atoms with Crippen LogP contribution in [0.1, 0.15) is 24.0 Å². The van der Waals surface area contributed by atoms with Gasteiger partial charge in [0.2, 0.25) is 0 Å². The van der Waals surface area contributed by atoms with Crippen LogP contribution in [0.15, 0.2) is 60.8 Å². The van der Waals surface area contributed by atoms with E-state index in [-0.39, 0.29) is 0 Å². The molecule has 0 amide bonds. The van der Waals surface area contributed by atoms with Crippen LogP contribution in [0.2, 0.25) is 0 Å². The van der Waals surface area contributed by atoms with Gasteiger partial charge in [-0.15, -0.1) is 0 Å². The van der Waals surface area contributed by atoms with Crippen LogP contribution < -0.4 is 4.74 Å². The summed E-state index contributed by atoms with van der Waals surface area (Å²) in [6.07, 6.45) is 4.68. The quantitative estimate of drug-likeness (QED) is 0.826. The summed E-state index contributed by atoms with van der Waals surface area (Å²) in [4.78, 5) is 2.42. The molecule has 0 N–H and O–H groups in total. The third kappa shape index (κ3) is 3.46. The predicted molar refractivity (Wildman–Crippen MR) is 87.1 cm³/mol.